The standard InChI is InChI=1S/C17H20N2O4S/c1-12-9-19(14-6-4-3-5-13(14)16(12)21)10-15(20)18-17(2)7-8-24(22,23)11-17/h3-6,9H,7-8,10-11H2,1-2H3,(H,18,20). The number of rotatable bonds is 3. The Morgan fingerprint density at radius 1 is 1.33 bits per heavy atom. The Bertz CT molecular complexity index is 978. The molecule has 0 spiro atoms. The molecule has 1 aromatic carbocycles. The van der Waals surface area contributed by atoms with Gasteiger partial charge in [-0.15, -0.1) is 0 Å². The number of carbonyl (C=O) groups is 1. The highest BCUT2D eigenvalue weighted by atomic mass is 32.2. The van der Waals surface area contributed by atoms with Crippen LogP contribution in [0.4, 0.5) is 0 Å². The van der Waals surface area contributed by atoms with E-state index in [4.69, 9.17) is 0 Å². The molecule has 0 radical (unpaired) electrons. The number of hydrogen-bond donors (Lipinski definition) is 1. The van der Waals surface area contributed by atoms with Crippen molar-refractivity contribution in [1.82, 2.24) is 9.88 Å². The summed E-state index contributed by atoms with van der Waals surface area (Å²) in [5.74, 6) is -0.192. The molecule has 1 atom stereocenters. The fourth-order valence-electron chi connectivity index (χ4n) is 3.26. The molecule has 3 rings (SSSR count). The van der Waals surface area contributed by atoms with Gasteiger partial charge < -0.3 is 9.88 Å². The molecule has 6 nitrogen and oxygen atoms in total. The fourth-order valence-corrected chi connectivity index (χ4v) is 5.35. The number of aromatic nitrogens is 1. The number of aryl methyl sites for hydroxylation is 1. The number of nitrogens with one attached hydrogen (secondary N) is 1. The lowest BCUT2D eigenvalue weighted by atomic mass is 10.0. The monoisotopic (exact) mass is 348 g/mol. The van der Waals surface area contributed by atoms with E-state index in [1.807, 2.05) is 6.07 Å². The van der Waals surface area contributed by atoms with Crippen LogP contribution in [0.1, 0.15) is 18.9 Å². The zero-order valence-electron chi connectivity index (χ0n) is 13.7. The molecule has 0 aliphatic carbocycles. The quantitative estimate of drug-likeness (QED) is 0.897. The molecular formula is C17H20N2O4S. The fraction of sp³-hybridized carbons (Fsp3) is 0.412. The summed E-state index contributed by atoms with van der Waals surface area (Å²) >= 11 is 0. The molecule has 1 unspecified atom stereocenters. The molecule has 1 saturated heterocycles. The second kappa shape index (κ2) is 5.73. The predicted molar refractivity (Wildman–Crippen MR) is 92.8 cm³/mol. The van der Waals surface area contributed by atoms with E-state index < -0.39 is 15.4 Å². The van der Waals surface area contributed by atoms with Gasteiger partial charge in [0, 0.05) is 17.1 Å². The Labute approximate surface area is 140 Å². The normalized spacial score (nSPS) is 22.6. The molecule has 1 aromatic heterocycles. The smallest absolute Gasteiger partial charge is 0.240 e. The lowest BCUT2D eigenvalue weighted by Gasteiger charge is -2.24. The van der Waals surface area contributed by atoms with Crippen molar-refractivity contribution in [2.24, 2.45) is 0 Å². The summed E-state index contributed by atoms with van der Waals surface area (Å²) in [7, 11) is -3.08. The van der Waals surface area contributed by atoms with Gasteiger partial charge in [0.05, 0.1) is 22.6 Å². The first-order valence-corrected chi connectivity index (χ1v) is 9.62. The van der Waals surface area contributed by atoms with Crippen LogP contribution in [0, 0.1) is 6.92 Å². The average molecular weight is 348 g/mol. The molecule has 128 valence electrons. The molecule has 0 saturated carbocycles. The molecule has 1 aliphatic rings. The Morgan fingerprint density at radius 2 is 2.04 bits per heavy atom. The molecule has 2 aromatic rings. The van der Waals surface area contributed by atoms with Crippen LogP contribution < -0.4 is 10.7 Å². The Kier molecular flexibility index (Phi) is 3.99. The van der Waals surface area contributed by atoms with Crippen LogP contribution in [0.25, 0.3) is 10.9 Å². The Hall–Kier alpha value is -2.15. The number of fused-ring (bicyclic) bond motifs is 1. The molecule has 7 heteroatoms. The van der Waals surface area contributed by atoms with Gasteiger partial charge in [-0.1, -0.05) is 12.1 Å². The van der Waals surface area contributed by atoms with Gasteiger partial charge in [-0.05, 0) is 32.4 Å². The number of carbonyl (C=O) groups excluding carboxylic acids is 1. The highest BCUT2D eigenvalue weighted by Gasteiger charge is 2.39. The van der Waals surface area contributed by atoms with Gasteiger partial charge in [-0.3, -0.25) is 9.59 Å². The molecule has 1 aliphatic heterocycles. The molecular weight excluding hydrogens is 328 g/mol. The van der Waals surface area contributed by atoms with E-state index in [0.717, 1.165) is 0 Å². The van der Waals surface area contributed by atoms with Crippen LogP contribution in [0.3, 0.4) is 0 Å². The number of pyridine rings is 1. The van der Waals surface area contributed by atoms with Crippen molar-refractivity contribution in [3.63, 3.8) is 0 Å². The van der Waals surface area contributed by atoms with Crippen LogP contribution in [0.2, 0.25) is 0 Å². The Balaban J connectivity index is 1.87. The minimum Gasteiger partial charge on any atom is -0.348 e. The summed E-state index contributed by atoms with van der Waals surface area (Å²) in [4.78, 5) is 24.6. The maximum atomic E-state index is 12.4. The zero-order valence-corrected chi connectivity index (χ0v) is 14.5. The zero-order chi connectivity index (χ0) is 17.5. The molecule has 0 bridgehead atoms. The van der Waals surface area contributed by atoms with Crippen molar-refractivity contribution in [3.8, 4) is 0 Å². The van der Waals surface area contributed by atoms with Crippen LogP contribution in [-0.4, -0.2) is 35.9 Å². The number of nitrogens with zero attached hydrogens (tertiary/aromatic N) is 1. The van der Waals surface area contributed by atoms with E-state index in [9.17, 15) is 18.0 Å². The topological polar surface area (TPSA) is 85.2 Å². The van der Waals surface area contributed by atoms with Crippen molar-refractivity contribution in [3.05, 3.63) is 46.2 Å². The van der Waals surface area contributed by atoms with Crippen LogP contribution in [0.5, 0.6) is 0 Å². The largest absolute Gasteiger partial charge is 0.348 e. The van der Waals surface area contributed by atoms with Gasteiger partial charge in [0.2, 0.25) is 5.91 Å². The summed E-state index contributed by atoms with van der Waals surface area (Å²) in [5, 5.41) is 3.41. The van der Waals surface area contributed by atoms with Gasteiger partial charge in [-0.25, -0.2) is 8.42 Å². The van der Waals surface area contributed by atoms with Crippen LogP contribution in [-0.2, 0) is 21.2 Å². The summed E-state index contributed by atoms with van der Waals surface area (Å²) in [6.07, 6.45) is 2.09. The molecule has 24 heavy (non-hydrogen) atoms. The third kappa shape index (κ3) is 3.21. The van der Waals surface area contributed by atoms with Gasteiger partial charge >= 0.3 is 0 Å². The van der Waals surface area contributed by atoms with Gasteiger partial charge in [0.1, 0.15) is 6.54 Å². The first-order valence-electron chi connectivity index (χ1n) is 7.79. The van der Waals surface area contributed by atoms with E-state index in [0.29, 0.717) is 22.9 Å². The molecule has 1 N–H and O–H groups in total. The first kappa shape index (κ1) is 16.7. The van der Waals surface area contributed by atoms with E-state index in [-0.39, 0.29) is 29.4 Å². The maximum Gasteiger partial charge on any atom is 0.240 e. The van der Waals surface area contributed by atoms with E-state index in [1.54, 1.807) is 42.8 Å². The number of para-hydroxylation sites is 1. The highest BCUT2D eigenvalue weighted by molar-refractivity contribution is 7.91. The average Bonchev–Trinajstić information content (AvgIpc) is 2.77. The minimum atomic E-state index is -3.08. The van der Waals surface area contributed by atoms with Crippen molar-refractivity contribution >= 4 is 26.6 Å². The molecule has 2 heterocycles. The van der Waals surface area contributed by atoms with Crippen molar-refractivity contribution in [2.75, 3.05) is 11.5 Å². The number of benzene rings is 1. The maximum absolute atomic E-state index is 12.4. The second-order valence-electron chi connectivity index (χ2n) is 6.74. The number of amides is 1. The van der Waals surface area contributed by atoms with E-state index in [1.165, 1.54) is 0 Å². The summed E-state index contributed by atoms with van der Waals surface area (Å²) in [6, 6.07) is 7.14. The first-order chi connectivity index (χ1) is 11.2. The second-order valence-corrected chi connectivity index (χ2v) is 8.92. The Morgan fingerprint density at radius 3 is 2.71 bits per heavy atom. The SMILES string of the molecule is Cc1cn(CC(=O)NC2(C)CCS(=O)(=O)C2)c2ccccc2c1=O. The summed E-state index contributed by atoms with van der Waals surface area (Å²) in [5.41, 5.74) is 0.486. The summed E-state index contributed by atoms with van der Waals surface area (Å²) in [6.45, 7) is 3.51. The lowest BCUT2D eigenvalue weighted by Crippen LogP contribution is -2.48. The van der Waals surface area contributed by atoms with Crippen LogP contribution >= 0.6 is 0 Å². The van der Waals surface area contributed by atoms with Gasteiger partial charge in [-0.2, -0.15) is 0 Å². The third-order valence-electron chi connectivity index (χ3n) is 4.42. The summed E-state index contributed by atoms with van der Waals surface area (Å²) < 4.78 is 25.0. The van der Waals surface area contributed by atoms with Gasteiger partial charge in [0.25, 0.3) is 0 Å². The van der Waals surface area contributed by atoms with Crippen molar-refractivity contribution in [1.29, 1.82) is 0 Å². The third-order valence-corrected chi connectivity index (χ3v) is 6.33. The minimum absolute atomic E-state index is 0.0321. The molecule has 1 amide bonds. The van der Waals surface area contributed by atoms with Crippen molar-refractivity contribution < 1.29 is 13.2 Å². The number of sulfone groups is 1. The van der Waals surface area contributed by atoms with Crippen molar-refractivity contribution in [2.45, 2.75) is 32.4 Å². The van der Waals surface area contributed by atoms with E-state index in [2.05, 4.69) is 5.32 Å². The van der Waals surface area contributed by atoms with Crippen LogP contribution in [0.15, 0.2) is 35.3 Å². The highest BCUT2D eigenvalue weighted by Crippen LogP contribution is 2.22. The predicted octanol–water partition coefficient (Wildman–Crippen LogP) is 1.00. The molecule has 1 fully saturated rings. The van der Waals surface area contributed by atoms with E-state index >= 15 is 0 Å². The number of hydrogen-bond acceptors (Lipinski definition) is 4. The van der Waals surface area contributed by atoms with Gasteiger partial charge in [0.15, 0.2) is 15.3 Å². The lowest BCUT2D eigenvalue weighted by molar-refractivity contribution is -0.123.